The Morgan fingerprint density at radius 2 is 0.741 bits per heavy atom. The maximum atomic E-state index is 5.29. The minimum Gasteiger partial charge on any atom is -0.228 e. The van der Waals surface area contributed by atoms with Crippen LogP contribution in [-0.2, 0) is 0 Å². The Kier molecular flexibility index (Phi) is 8.19. The Morgan fingerprint density at radius 1 is 0.259 bits per heavy atom. The minimum absolute atomic E-state index is 0.702. The van der Waals surface area contributed by atoms with Crippen molar-refractivity contribution in [1.82, 2.24) is 9.97 Å². The largest absolute Gasteiger partial charge is 0.228 e. The second kappa shape index (κ2) is 14.1. The van der Waals surface area contributed by atoms with E-state index in [2.05, 4.69) is 200 Å². The molecule has 0 fully saturated rings. The molecular weight excluding hydrogens is 701 g/mol. The smallest absolute Gasteiger partial charge is 0.160 e. The third-order valence-electron chi connectivity index (χ3n) is 11.5. The van der Waals surface area contributed by atoms with Gasteiger partial charge in [0.1, 0.15) is 0 Å². The number of fused-ring (bicyclic) bond motifs is 5. The molecule has 0 saturated carbocycles. The minimum atomic E-state index is 0.702. The standard InChI is InChI=1S/C56H36N2/c1-4-16-37(17-5-1)38-28-30-40(31-29-38)51-36-52(58-56(57-51)42-21-8-3-9-22-42)46-34-35-49(45-25-13-12-24-44(45)46)55-48-27-15-14-26-47(48)53(41-19-6-2-7-20-41)50-33-32-39-18-10-11-23-43(39)54(50)55/h1-36H. The van der Waals surface area contributed by atoms with Crippen molar-refractivity contribution in [3.8, 4) is 67.3 Å². The van der Waals surface area contributed by atoms with Gasteiger partial charge >= 0.3 is 0 Å². The van der Waals surface area contributed by atoms with Crippen molar-refractivity contribution < 1.29 is 0 Å². The van der Waals surface area contributed by atoms with Crippen LogP contribution in [0.5, 0.6) is 0 Å². The molecule has 2 heteroatoms. The van der Waals surface area contributed by atoms with Crippen LogP contribution in [0.4, 0.5) is 0 Å². The van der Waals surface area contributed by atoms with Gasteiger partial charge in [-0.1, -0.05) is 212 Å². The van der Waals surface area contributed by atoms with Gasteiger partial charge in [0.15, 0.2) is 5.82 Å². The topological polar surface area (TPSA) is 25.8 Å². The second-order valence-electron chi connectivity index (χ2n) is 14.8. The van der Waals surface area contributed by atoms with Gasteiger partial charge in [0.25, 0.3) is 0 Å². The van der Waals surface area contributed by atoms with Crippen molar-refractivity contribution in [3.05, 3.63) is 218 Å². The van der Waals surface area contributed by atoms with Crippen molar-refractivity contribution in [2.45, 2.75) is 0 Å². The molecule has 0 aliphatic heterocycles. The Bertz CT molecular complexity index is 3300. The zero-order chi connectivity index (χ0) is 38.4. The first-order chi connectivity index (χ1) is 28.8. The van der Waals surface area contributed by atoms with Crippen molar-refractivity contribution in [3.63, 3.8) is 0 Å². The molecule has 2 nitrogen and oxygen atoms in total. The lowest BCUT2D eigenvalue weighted by molar-refractivity contribution is 1.18. The Labute approximate surface area is 337 Å². The highest BCUT2D eigenvalue weighted by Crippen LogP contribution is 2.48. The molecule has 0 spiro atoms. The third-order valence-corrected chi connectivity index (χ3v) is 11.5. The number of rotatable bonds is 6. The van der Waals surface area contributed by atoms with E-state index < -0.39 is 0 Å². The first-order valence-corrected chi connectivity index (χ1v) is 19.8. The molecule has 0 radical (unpaired) electrons. The number of hydrogen-bond donors (Lipinski definition) is 0. The SMILES string of the molecule is c1ccc(-c2ccc(-c3cc(-c4ccc(-c5c6ccccc6c(-c6ccccc6)c6ccc7ccccc7c56)c5ccccc45)nc(-c4ccccc4)n3)cc2)cc1. The lowest BCUT2D eigenvalue weighted by Crippen LogP contribution is -1.97. The lowest BCUT2D eigenvalue weighted by Gasteiger charge is -2.21. The van der Waals surface area contributed by atoms with E-state index in [9.17, 15) is 0 Å². The molecule has 0 saturated heterocycles. The van der Waals surface area contributed by atoms with Gasteiger partial charge in [-0.25, -0.2) is 9.97 Å². The summed E-state index contributed by atoms with van der Waals surface area (Å²) >= 11 is 0. The van der Waals surface area contributed by atoms with Crippen LogP contribution in [0.3, 0.4) is 0 Å². The fourth-order valence-electron chi connectivity index (χ4n) is 8.80. The van der Waals surface area contributed by atoms with Crippen LogP contribution in [-0.4, -0.2) is 9.97 Å². The maximum Gasteiger partial charge on any atom is 0.160 e. The van der Waals surface area contributed by atoms with E-state index in [-0.39, 0.29) is 0 Å². The van der Waals surface area contributed by atoms with Crippen LogP contribution in [0.25, 0.3) is 110 Å². The third kappa shape index (κ3) is 5.74. The van der Waals surface area contributed by atoms with Gasteiger partial charge in [-0.15, -0.1) is 0 Å². The molecule has 0 aliphatic carbocycles. The predicted molar refractivity (Wildman–Crippen MR) is 245 cm³/mol. The highest BCUT2D eigenvalue weighted by molar-refractivity contribution is 6.29. The number of hydrogen-bond acceptors (Lipinski definition) is 2. The molecule has 11 rings (SSSR count). The van der Waals surface area contributed by atoms with E-state index in [0.29, 0.717) is 5.82 Å². The van der Waals surface area contributed by atoms with Crippen LogP contribution < -0.4 is 0 Å². The van der Waals surface area contributed by atoms with Crippen molar-refractivity contribution in [2.24, 2.45) is 0 Å². The molecule has 0 bridgehead atoms. The molecule has 58 heavy (non-hydrogen) atoms. The molecule has 270 valence electrons. The summed E-state index contributed by atoms with van der Waals surface area (Å²) in [5.74, 6) is 0.702. The summed E-state index contributed by atoms with van der Waals surface area (Å²) in [6.07, 6.45) is 0. The van der Waals surface area contributed by atoms with Crippen LogP contribution in [0.1, 0.15) is 0 Å². The monoisotopic (exact) mass is 736 g/mol. The Balaban J connectivity index is 1.16. The molecule has 11 aromatic rings. The Morgan fingerprint density at radius 3 is 1.43 bits per heavy atom. The normalized spacial score (nSPS) is 11.4. The first-order valence-electron chi connectivity index (χ1n) is 19.8. The van der Waals surface area contributed by atoms with Gasteiger partial charge in [0, 0.05) is 16.7 Å². The van der Waals surface area contributed by atoms with Gasteiger partial charge in [-0.3, -0.25) is 0 Å². The fraction of sp³-hybridized carbons (Fsp3) is 0. The predicted octanol–water partition coefficient (Wildman–Crippen LogP) is 15.1. The van der Waals surface area contributed by atoms with Crippen molar-refractivity contribution >= 4 is 43.1 Å². The molecule has 0 N–H and O–H groups in total. The summed E-state index contributed by atoms with van der Waals surface area (Å²) in [4.78, 5) is 10.5. The van der Waals surface area contributed by atoms with E-state index in [0.717, 1.165) is 33.5 Å². The van der Waals surface area contributed by atoms with Gasteiger partial charge in [-0.2, -0.15) is 0 Å². The average Bonchev–Trinajstić information content (AvgIpc) is 3.31. The number of benzene rings is 10. The van der Waals surface area contributed by atoms with Gasteiger partial charge < -0.3 is 0 Å². The van der Waals surface area contributed by atoms with Crippen LogP contribution in [0.2, 0.25) is 0 Å². The summed E-state index contributed by atoms with van der Waals surface area (Å²) in [5.41, 5.74) is 12.2. The summed E-state index contributed by atoms with van der Waals surface area (Å²) in [5, 5.41) is 9.79. The lowest BCUT2D eigenvalue weighted by atomic mass is 9.82. The molecule has 10 aromatic carbocycles. The number of nitrogens with zero attached hydrogens (tertiary/aromatic N) is 2. The average molecular weight is 737 g/mol. The summed E-state index contributed by atoms with van der Waals surface area (Å²) in [6, 6.07) is 78.2. The molecule has 0 aliphatic rings. The molecule has 1 aromatic heterocycles. The summed E-state index contributed by atoms with van der Waals surface area (Å²) in [6.45, 7) is 0. The van der Waals surface area contributed by atoms with Crippen molar-refractivity contribution in [2.75, 3.05) is 0 Å². The van der Waals surface area contributed by atoms with Crippen LogP contribution in [0.15, 0.2) is 218 Å². The Hall–Kier alpha value is -7.68. The summed E-state index contributed by atoms with van der Waals surface area (Å²) < 4.78 is 0. The second-order valence-corrected chi connectivity index (χ2v) is 14.8. The van der Waals surface area contributed by atoms with Gasteiger partial charge in [0.2, 0.25) is 0 Å². The highest BCUT2D eigenvalue weighted by Gasteiger charge is 2.21. The fourth-order valence-corrected chi connectivity index (χ4v) is 8.80. The molecule has 0 atom stereocenters. The van der Waals surface area contributed by atoms with E-state index in [1.54, 1.807) is 0 Å². The van der Waals surface area contributed by atoms with Crippen LogP contribution >= 0.6 is 0 Å². The summed E-state index contributed by atoms with van der Waals surface area (Å²) in [7, 11) is 0. The number of aromatic nitrogens is 2. The zero-order valence-electron chi connectivity index (χ0n) is 31.7. The quantitative estimate of drug-likeness (QED) is 0.125. The van der Waals surface area contributed by atoms with Gasteiger partial charge in [-0.05, 0) is 82.5 Å². The molecule has 0 amide bonds. The molecule has 1 heterocycles. The highest BCUT2D eigenvalue weighted by atomic mass is 14.9. The van der Waals surface area contributed by atoms with E-state index in [1.165, 1.54) is 71.1 Å². The molecule has 0 unspecified atom stereocenters. The first kappa shape index (κ1) is 33.6. The van der Waals surface area contributed by atoms with Crippen molar-refractivity contribution in [1.29, 1.82) is 0 Å². The van der Waals surface area contributed by atoms with E-state index in [1.807, 2.05) is 18.2 Å². The molecular formula is C56H36N2. The van der Waals surface area contributed by atoms with E-state index >= 15 is 0 Å². The van der Waals surface area contributed by atoms with E-state index in [4.69, 9.17) is 9.97 Å². The maximum absolute atomic E-state index is 5.29. The zero-order valence-corrected chi connectivity index (χ0v) is 31.7. The van der Waals surface area contributed by atoms with Gasteiger partial charge in [0.05, 0.1) is 11.4 Å². The van der Waals surface area contributed by atoms with Crippen LogP contribution in [0, 0.1) is 0 Å².